The summed E-state index contributed by atoms with van der Waals surface area (Å²) in [5.74, 6) is 1.83. The molecular weight excluding hydrogens is 184 g/mol. The second-order valence-corrected chi connectivity index (χ2v) is 4.75. The number of hydrogen-bond acceptors (Lipinski definition) is 1. The van der Waals surface area contributed by atoms with Crippen LogP contribution >= 0.6 is 0 Å². The van der Waals surface area contributed by atoms with Crippen LogP contribution in [0.3, 0.4) is 0 Å². The van der Waals surface area contributed by atoms with E-state index in [2.05, 4.69) is 13.8 Å². The van der Waals surface area contributed by atoms with Crippen molar-refractivity contribution in [1.82, 2.24) is 0 Å². The Morgan fingerprint density at radius 2 is 1.80 bits per heavy atom. The number of Topliss-reactive ketones (excluding diaryl/α,β-unsaturated/α-hetero) is 1. The van der Waals surface area contributed by atoms with Gasteiger partial charge in [0.05, 0.1) is 0 Å². The number of hydrogen-bond donors (Lipinski definition) is 0. The van der Waals surface area contributed by atoms with Gasteiger partial charge in [0.15, 0.2) is 5.78 Å². The Hall–Kier alpha value is -1.11. The Labute approximate surface area is 91.5 Å². The fourth-order valence-corrected chi connectivity index (χ4v) is 2.55. The fraction of sp³-hybridized carbons (Fsp3) is 0.500. The molecule has 0 spiro atoms. The molecule has 1 aliphatic rings. The van der Waals surface area contributed by atoms with Gasteiger partial charge in [0, 0.05) is 11.5 Å². The first kappa shape index (κ1) is 10.4. The van der Waals surface area contributed by atoms with E-state index in [0.29, 0.717) is 17.6 Å². The maximum absolute atomic E-state index is 12.2. The van der Waals surface area contributed by atoms with Crippen LogP contribution in [-0.2, 0) is 0 Å². The molecule has 2 rings (SSSR count). The van der Waals surface area contributed by atoms with Crippen molar-refractivity contribution in [1.29, 1.82) is 0 Å². The Balaban J connectivity index is 2.16. The summed E-state index contributed by atoms with van der Waals surface area (Å²) < 4.78 is 0. The van der Waals surface area contributed by atoms with Crippen molar-refractivity contribution in [2.45, 2.75) is 26.7 Å². The highest BCUT2D eigenvalue weighted by Gasteiger charge is 2.34. The molecule has 1 fully saturated rings. The highest BCUT2D eigenvalue weighted by Crippen LogP contribution is 2.38. The van der Waals surface area contributed by atoms with Crippen molar-refractivity contribution in [2.75, 3.05) is 0 Å². The molecule has 1 aromatic rings. The van der Waals surface area contributed by atoms with Crippen LogP contribution in [0.1, 0.15) is 37.0 Å². The third kappa shape index (κ3) is 1.97. The average molecular weight is 202 g/mol. The summed E-state index contributed by atoms with van der Waals surface area (Å²) in [5, 5.41) is 0. The van der Waals surface area contributed by atoms with Crippen LogP contribution in [0.15, 0.2) is 30.3 Å². The van der Waals surface area contributed by atoms with E-state index in [9.17, 15) is 4.79 Å². The fourth-order valence-electron chi connectivity index (χ4n) is 2.55. The van der Waals surface area contributed by atoms with Gasteiger partial charge in [-0.25, -0.2) is 0 Å². The van der Waals surface area contributed by atoms with E-state index in [0.717, 1.165) is 12.0 Å². The topological polar surface area (TPSA) is 17.1 Å². The van der Waals surface area contributed by atoms with Gasteiger partial charge in [0.2, 0.25) is 0 Å². The molecule has 0 aromatic heterocycles. The van der Waals surface area contributed by atoms with Crippen LogP contribution in [0.2, 0.25) is 0 Å². The molecule has 0 aliphatic heterocycles. The third-order valence-corrected chi connectivity index (χ3v) is 3.86. The first-order chi connectivity index (χ1) is 7.20. The van der Waals surface area contributed by atoms with Crippen molar-refractivity contribution >= 4 is 5.78 Å². The van der Waals surface area contributed by atoms with E-state index in [1.165, 1.54) is 6.42 Å². The zero-order chi connectivity index (χ0) is 10.8. The Morgan fingerprint density at radius 3 is 2.33 bits per heavy atom. The highest BCUT2D eigenvalue weighted by molar-refractivity contribution is 5.98. The number of rotatable bonds is 2. The van der Waals surface area contributed by atoms with Gasteiger partial charge in [-0.15, -0.1) is 0 Å². The number of carbonyl (C=O) groups excluding carboxylic acids is 1. The minimum absolute atomic E-state index is 0.252. The number of ketones is 1. The van der Waals surface area contributed by atoms with E-state index in [1.807, 2.05) is 30.3 Å². The second-order valence-electron chi connectivity index (χ2n) is 4.75. The lowest BCUT2D eigenvalue weighted by Crippen LogP contribution is -2.19. The molecule has 0 radical (unpaired) electrons. The van der Waals surface area contributed by atoms with Gasteiger partial charge in [-0.3, -0.25) is 4.79 Å². The molecule has 1 aliphatic carbocycles. The summed E-state index contributed by atoms with van der Waals surface area (Å²) in [6.07, 6.45) is 2.26. The summed E-state index contributed by atoms with van der Waals surface area (Å²) in [7, 11) is 0. The van der Waals surface area contributed by atoms with Gasteiger partial charge in [0.25, 0.3) is 0 Å². The van der Waals surface area contributed by atoms with Gasteiger partial charge in [-0.05, 0) is 24.7 Å². The summed E-state index contributed by atoms with van der Waals surface area (Å²) in [6.45, 7) is 4.46. The molecule has 0 saturated heterocycles. The Morgan fingerprint density at radius 1 is 1.13 bits per heavy atom. The SMILES string of the molecule is C[C@@H]1[C@H](C)CC[C@H]1C(=O)c1ccccc1. The number of benzene rings is 1. The summed E-state index contributed by atoms with van der Waals surface area (Å²) in [5.41, 5.74) is 0.878. The van der Waals surface area contributed by atoms with E-state index in [-0.39, 0.29) is 5.92 Å². The van der Waals surface area contributed by atoms with Gasteiger partial charge >= 0.3 is 0 Å². The molecule has 3 atom stereocenters. The zero-order valence-corrected chi connectivity index (χ0v) is 9.44. The van der Waals surface area contributed by atoms with E-state index < -0.39 is 0 Å². The standard InChI is InChI=1S/C14H18O/c1-10-8-9-13(11(10)2)14(15)12-6-4-3-5-7-12/h3-7,10-11,13H,8-9H2,1-2H3/t10-,11-,13-/m1/s1. The van der Waals surface area contributed by atoms with Crippen molar-refractivity contribution in [3.05, 3.63) is 35.9 Å². The predicted molar refractivity (Wildman–Crippen MR) is 61.8 cm³/mol. The minimum Gasteiger partial charge on any atom is -0.294 e. The van der Waals surface area contributed by atoms with Crippen LogP contribution in [0.4, 0.5) is 0 Å². The molecule has 0 heterocycles. The van der Waals surface area contributed by atoms with Crippen LogP contribution in [0.5, 0.6) is 0 Å². The number of carbonyl (C=O) groups is 1. The molecule has 0 bridgehead atoms. The van der Waals surface area contributed by atoms with Gasteiger partial charge in [-0.2, -0.15) is 0 Å². The average Bonchev–Trinajstić information content (AvgIpc) is 2.60. The van der Waals surface area contributed by atoms with Gasteiger partial charge in [0.1, 0.15) is 0 Å². The Kier molecular flexibility index (Phi) is 2.90. The molecule has 1 saturated carbocycles. The molecule has 15 heavy (non-hydrogen) atoms. The van der Waals surface area contributed by atoms with Crippen molar-refractivity contribution in [2.24, 2.45) is 17.8 Å². The summed E-state index contributed by atoms with van der Waals surface area (Å²) in [6, 6.07) is 9.69. The lowest BCUT2D eigenvalue weighted by molar-refractivity contribution is 0.0889. The largest absolute Gasteiger partial charge is 0.294 e. The van der Waals surface area contributed by atoms with Crippen LogP contribution in [-0.4, -0.2) is 5.78 Å². The molecule has 1 nitrogen and oxygen atoms in total. The lowest BCUT2D eigenvalue weighted by atomic mass is 9.87. The minimum atomic E-state index is 0.252. The maximum atomic E-state index is 12.2. The van der Waals surface area contributed by atoms with Gasteiger partial charge in [-0.1, -0.05) is 44.2 Å². The molecule has 0 N–H and O–H groups in total. The summed E-state index contributed by atoms with van der Waals surface area (Å²) in [4.78, 5) is 12.2. The van der Waals surface area contributed by atoms with Crippen LogP contribution in [0.25, 0.3) is 0 Å². The molecule has 80 valence electrons. The lowest BCUT2D eigenvalue weighted by Gasteiger charge is -2.16. The predicted octanol–water partition coefficient (Wildman–Crippen LogP) is 3.55. The molecular formula is C14H18O. The van der Waals surface area contributed by atoms with Crippen LogP contribution in [0, 0.1) is 17.8 Å². The maximum Gasteiger partial charge on any atom is 0.166 e. The molecule has 1 aromatic carbocycles. The Bertz CT molecular complexity index is 342. The van der Waals surface area contributed by atoms with Crippen molar-refractivity contribution in [3.8, 4) is 0 Å². The monoisotopic (exact) mass is 202 g/mol. The first-order valence-corrected chi connectivity index (χ1v) is 5.79. The van der Waals surface area contributed by atoms with Crippen molar-refractivity contribution < 1.29 is 4.79 Å². The third-order valence-electron chi connectivity index (χ3n) is 3.86. The van der Waals surface area contributed by atoms with E-state index in [1.54, 1.807) is 0 Å². The normalized spacial score (nSPS) is 30.4. The first-order valence-electron chi connectivity index (χ1n) is 5.79. The molecule has 1 heteroatoms. The smallest absolute Gasteiger partial charge is 0.166 e. The summed E-state index contributed by atoms with van der Waals surface area (Å²) >= 11 is 0. The van der Waals surface area contributed by atoms with Crippen molar-refractivity contribution in [3.63, 3.8) is 0 Å². The van der Waals surface area contributed by atoms with E-state index >= 15 is 0 Å². The zero-order valence-electron chi connectivity index (χ0n) is 9.44. The van der Waals surface area contributed by atoms with Crippen LogP contribution < -0.4 is 0 Å². The quantitative estimate of drug-likeness (QED) is 0.670. The van der Waals surface area contributed by atoms with E-state index in [4.69, 9.17) is 0 Å². The highest BCUT2D eigenvalue weighted by atomic mass is 16.1. The molecule has 0 amide bonds. The van der Waals surface area contributed by atoms with Gasteiger partial charge < -0.3 is 0 Å². The second kappa shape index (κ2) is 4.18. The molecule has 0 unspecified atom stereocenters.